The number of rotatable bonds is 5. The Morgan fingerprint density at radius 3 is 2.88 bits per heavy atom. The van der Waals surface area contributed by atoms with Gasteiger partial charge in [0.05, 0.1) is 19.2 Å². The molecule has 1 aliphatic rings. The van der Waals surface area contributed by atoms with E-state index in [1.807, 2.05) is 42.8 Å². The Morgan fingerprint density at radius 1 is 1.38 bits per heavy atom. The molecular formula is C18H27IN6O. The van der Waals surface area contributed by atoms with Crippen LogP contribution in [0, 0.1) is 6.92 Å². The summed E-state index contributed by atoms with van der Waals surface area (Å²) < 4.78 is 1.94. The van der Waals surface area contributed by atoms with E-state index in [9.17, 15) is 5.11 Å². The summed E-state index contributed by atoms with van der Waals surface area (Å²) in [5.74, 6) is 1.76. The number of guanidine groups is 1. The number of aliphatic imine (C=N–C) groups is 1. The van der Waals surface area contributed by atoms with Crippen LogP contribution in [0.15, 0.2) is 35.6 Å². The summed E-state index contributed by atoms with van der Waals surface area (Å²) in [6.07, 6.45) is 2.89. The molecule has 0 aliphatic carbocycles. The van der Waals surface area contributed by atoms with Gasteiger partial charge < -0.3 is 15.7 Å². The van der Waals surface area contributed by atoms with Crippen LogP contribution < -0.4 is 10.6 Å². The van der Waals surface area contributed by atoms with E-state index in [1.54, 1.807) is 6.33 Å². The van der Waals surface area contributed by atoms with E-state index in [0.717, 1.165) is 43.3 Å². The van der Waals surface area contributed by atoms with Crippen LogP contribution in [-0.4, -0.2) is 45.0 Å². The maximum absolute atomic E-state index is 10.4. The second-order valence-electron chi connectivity index (χ2n) is 6.38. The third-order valence-electron chi connectivity index (χ3n) is 4.37. The van der Waals surface area contributed by atoms with Gasteiger partial charge in [0.25, 0.3) is 0 Å². The Kier molecular flexibility index (Phi) is 7.83. The minimum atomic E-state index is -0.607. The molecule has 0 saturated heterocycles. The van der Waals surface area contributed by atoms with Crippen molar-refractivity contribution in [2.45, 2.75) is 45.4 Å². The fraction of sp³-hybridized carbons (Fsp3) is 0.500. The Morgan fingerprint density at radius 2 is 2.15 bits per heavy atom. The molecule has 2 heterocycles. The number of aryl methyl sites for hydroxylation is 2. The average molecular weight is 470 g/mol. The molecule has 7 nitrogen and oxygen atoms in total. The second kappa shape index (κ2) is 9.86. The van der Waals surface area contributed by atoms with E-state index < -0.39 is 6.10 Å². The van der Waals surface area contributed by atoms with Crippen LogP contribution in [0.5, 0.6) is 0 Å². The van der Waals surface area contributed by atoms with Gasteiger partial charge >= 0.3 is 0 Å². The summed E-state index contributed by atoms with van der Waals surface area (Å²) >= 11 is 0. The average Bonchev–Trinajstić information content (AvgIpc) is 3.08. The van der Waals surface area contributed by atoms with Crippen molar-refractivity contribution in [1.82, 2.24) is 25.4 Å². The van der Waals surface area contributed by atoms with Crippen LogP contribution in [0.25, 0.3) is 0 Å². The molecule has 3 N–H and O–H groups in total. The first kappa shape index (κ1) is 20.6. The number of benzene rings is 1. The van der Waals surface area contributed by atoms with Gasteiger partial charge in [0, 0.05) is 19.0 Å². The zero-order valence-corrected chi connectivity index (χ0v) is 17.6. The molecular weight excluding hydrogens is 443 g/mol. The predicted octanol–water partition coefficient (Wildman–Crippen LogP) is 1.81. The lowest BCUT2D eigenvalue weighted by Crippen LogP contribution is -2.47. The normalized spacial score (nSPS) is 17.8. The molecule has 2 aromatic rings. The number of aromatic nitrogens is 3. The van der Waals surface area contributed by atoms with Crippen molar-refractivity contribution in [2.75, 3.05) is 13.1 Å². The number of aliphatic hydroxyl groups is 1. The van der Waals surface area contributed by atoms with Crippen molar-refractivity contribution < 1.29 is 5.11 Å². The molecule has 0 radical (unpaired) electrons. The number of nitrogens with one attached hydrogen (secondary N) is 2. The van der Waals surface area contributed by atoms with Crippen molar-refractivity contribution in [3.63, 3.8) is 0 Å². The molecule has 0 amide bonds. The highest BCUT2D eigenvalue weighted by Crippen LogP contribution is 2.14. The molecule has 0 fully saturated rings. The van der Waals surface area contributed by atoms with Gasteiger partial charge in [0.2, 0.25) is 0 Å². The van der Waals surface area contributed by atoms with E-state index >= 15 is 0 Å². The number of fused-ring (bicyclic) bond motifs is 1. The Balaban J connectivity index is 0.00000243. The number of hydrogen-bond donors (Lipinski definition) is 3. The topological polar surface area (TPSA) is 87.4 Å². The second-order valence-corrected chi connectivity index (χ2v) is 6.38. The van der Waals surface area contributed by atoms with E-state index in [2.05, 4.69) is 25.7 Å². The molecule has 8 heteroatoms. The van der Waals surface area contributed by atoms with Crippen molar-refractivity contribution in [2.24, 2.45) is 4.99 Å². The molecule has 1 aromatic carbocycles. The van der Waals surface area contributed by atoms with Crippen LogP contribution >= 0.6 is 24.0 Å². The molecule has 142 valence electrons. The summed E-state index contributed by atoms with van der Waals surface area (Å²) in [6.45, 7) is 5.93. The Hall–Kier alpha value is -1.68. The molecule has 3 rings (SSSR count). The third kappa shape index (κ3) is 5.41. The summed E-state index contributed by atoms with van der Waals surface area (Å²) in [6, 6.07) is 8.16. The summed E-state index contributed by atoms with van der Waals surface area (Å²) in [5.41, 5.74) is 2.06. The first-order chi connectivity index (χ1) is 12.2. The minimum Gasteiger partial charge on any atom is -0.386 e. The smallest absolute Gasteiger partial charge is 0.191 e. The van der Waals surface area contributed by atoms with Crippen LogP contribution in [0.3, 0.4) is 0 Å². The van der Waals surface area contributed by atoms with Crippen LogP contribution in [-0.2, 0) is 13.0 Å². The molecule has 1 aliphatic heterocycles. The van der Waals surface area contributed by atoms with E-state index in [4.69, 9.17) is 0 Å². The SMILES string of the molecule is CCNC(=NCC(O)c1ccc(C)cc1)NC1CCc2ncnn2C1.I. The number of aliphatic hydroxyl groups excluding tert-OH is 1. The first-order valence-corrected chi connectivity index (χ1v) is 8.82. The lowest BCUT2D eigenvalue weighted by atomic mass is 10.1. The molecule has 2 atom stereocenters. The largest absolute Gasteiger partial charge is 0.386 e. The van der Waals surface area contributed by atoms with Gasteiger partial charge in [-0.1, -0.05) is 29.8 Å². The van der Waals surface area contributed by atoms with Crippen molar-refractivity contribution >= 4 is 29.9 Å². The highest BCUT2D eigenvalue weighted by Gasteiger charge is 2.20. The fourth-order valence-corrected chi connectivity index (χ4v) is 2.94. The predicted molar refractivity (Wildman–Crippen MR) is 113 cm³/mol. The van der Waals surface area contributed by atoms with Crippen LogP contribution in [0.4, 0.5) is 0 Å². The quantitative estimate of drug-likeness (QED) is 0.353. The van der Waals surface area contributed by atoms with Crippen molar-refractivity contribution in [1.29, 1.82) is 0 Å². The van der Waals surface area contributed by atoms with Gasteiger partial charge in [0.15, 0.2) is 5.96 Å². The van der Waals surface area contributed by atoms with Crippen LogP contribution in [0.2, 0.25) is 0 Å². The van der Waals surface area contributed by atoms with Gasteiger partial charge in [-0.15, -0.1) is 24.0 Å². The standard InChI is InChI=1S/C18H26N6O.HI/c1-3-19-18(20-10-16(25)14-6-4-13(2)5-7-14)23-15-8-9-17-21-12-22-24(17)11-15;/h4-7,12,15-16,25H,3,8-11H2,1-2H3,(H2,19,20,23);1H. The van der Waals surface area contributed by atoms with Gasteiger partial charge in [-0.25, -0.2) is 9.67 Å². The molecule has 1 aromatic heterocycles. The monoisotopic (exact) mass is 470 g/mol. The van der Waals surface area contributed by atoms with Gasteiger partial charge in [-0.2, -0.15) is 5.10 Å². The third-order valence-corrected chi connectivity index (χ3v) is 4.37. The first-order valence-electron chi connectivity index (χ1n) is 8.82. The number of hydrogen-bond acceptors (Lipinski definition) is 4. The maximum atomic E-state index is 10.4. The lowest BCUT2D eigenvalue weighted by molar-refractivity contribution is 0.187. The summed E-state index contributed by atoms with van der Waals surface area (Å²) in [5, 5.41) is 21.3. The number of halogens is 1. The number of nitrogens with zero attached hydrogens (tertiary/aromatic N) is 4. The van der Waals surface area contributed by atoms with Crippen molar-refractivity contribution in [3.05, 3.63) is 47.5 Å². The van der Waals surface area contributed by atoms with E-state index in [0.29, 0.717) is 6.54 Å². The molecule has 26 heavy (non-hydrogen) atoms. The summed E-state index contributed by atoms with van der Waals surface area (Å²) in [4.78, 5) is 8.80. The zero-order chi connectivity index (χ0) is 17.6. The van der Waals surface area contributed by atoms with Crippen molar-refractivity contribution in [3.8, 4) is 0 Å². The van der Waals surface area contributed by atoms with E-state index in [1.165, 1.54) is 5.56 Å². The Labute approximate surface area is 171 Å². The fourth-order valence-electron chi connectivity index (χ4n) is 2.94. The molecule has 2 unspecified atom stereocenters. The van der Waals surface area contributed by atoms with Gasteiger partial charge in [-0.05, 0) is 25.8 Å². The van der Waals surface area contributed by atoms with Crippen LogP contribution in [0.1, 0.15) is 36.4 Å². The zero-order valence-electron chi connectivity index (χ0n) is 15.2. The van der Waals surface area contributed by atoms with Gasteiger partial charge in [-0.3, -0.25) is 4.99 Å². The minimum absolute atomic E-state index is 0. The summed E-state index contributed by atoms with van der Waals surface area (Å²) in [7, 11) is 0. The molecule has 0 bridgehead atoms. The Bertz CT molecular complexity index is 715. The molecule has 0 spiro atoms. The van der Waals surface area contributed by atoms with E-state index in [-0.39, 0.29) is 30.0 Å². The molecule has 0 saturated carbocycles. The lowest BCUT2D eigenvalue weighted by Gasteiger charge is -2.25. The maximum Gasteiger partial charge on any atom is 0.191 e. The van der Waals surface area contributed by atoms with Gasteiger partial charge in [0.1, 0.15) is 12.2 Å². The highest BCUT2D eigenvalue weighted by atomic mass is 127. The highest BCUT2D eigenvalue weighted by molar-refractivity contribution is 14.0.